The van der Waals surface area contributed by atoms with Crippen molar-refractivity contribution in [2.24, 2.45) is 10.7 Å². The first-order valence-corrected chi connectivity index (χ1v) is 7.32. The summed E-state index contributed by atoms with van der Waals surface area (Å²) in [7, 11) is 0. The number of nitrogens with two attached hydrogens (primary N) is 1. The van der Waals surface area contributed by atoms with E-state index in [1.165, 1.54) is 11.1 Å². The highest BCUT2D eigenvalue weighted by Crippen LogP contribution is 2.40. The van der Waals surface area contributed by atoms with E-state index in [9.17, 15) is 0 Å². The Balaban J connectivity index is 2.16. The molecule has 0 aromatic heterocycles. The van der Waals surface area contributed by atoms with E-state index in [0.29, 0.717) is 17.5 Å². The predicted octanol–water partition coefficient (Wildman–Crippen LogP) is 3.70. The monoisotopic (exact) mass is 299 g/mol. The van der Waals surface area contributed by atoms with Gasteiger partial charge in [-0.1, -0.05) is 48.0 Å². The molecule has 1 aliphatic rings. The summed E-state index contributed by atoms with van der Waals surface area (Å²) in [5.41, 5.74) is 9.17. The lowest BCUT2D eigenvalue weighted by atomic mass is 9.87. The van der Waals surface area contributed by atoms with Crippen LogP contribution in [-0.2, 0) is 5.54 Å². The van der Waals surface area contributed by atoms with Crippen LogP contribution in [0.4, 0.5) is 5.69 Å². The highest BCUT2D eigenvalue weighted by Gasteiger charge is 2.41. The van der Waals surface area contributed by atoms with Crippen LogP contribution in [0.3, 0.4) is 0 Å². The van der Waals surface area contributed by atoms with Crippen LogP contribution in [0.1, 0.15) is 18.1 Å². The first-order valence-electron chi connectivity index (χ1n) is 6.95. The average molecular weight is 300 g/mol. The molecule has 2 aromatic carbocycles. The van der Waals surface area contributed by atoms with Gasteiger partial charge in [0, 0.05) is 0 Å². The van der Waals surface area contributed by atoms with Gasteiger partial charge in [0.05, 0.1) is 22.8 Å². The quantitative estimate of drug-likeness (QED) is 0.918. The lowest BCUT2D eigenvalue weighted by Crippen LogP contribution is -2.48. The molecular weight excluding hydrogens is 282 g/mol. The van der Waals surface area contributed by atoms with Crippen LogP contribution in [0.15, 0.2) is 53.5 Å². The fourth-order valence-corrected chi connectivity index (χ4v) is 3.25. The molecule has 2 aromatic rings. The summed E-state index contributed by atoms with van der Waals surface area (Å²) < 4.78 is 0. The van der Waals surface area contributed by atoms with Gasteiger partial charge in [-0.05, 0) is 37.1 Å². The van der Waals surface area contributed by atoms with Gasteiger partial charge in [0.15, 0.2) is 5.96 Å². The molecule has 0 saturated heterocycles. The van der Waals surface area contributed by atoms with Crippen LogP contribution in [0, 0.1) is 6.92 Å². The van der Waals surface area contributed by atoms with E-state index in [-0.39, 0.29) is 5.54 Å². The smallest absolute Gasteiger partial charge is 0.196 e. The van der Waals surface area contributed by atoms with Crippen molar-refractivity contribution in [3.05, 3.63) is 64.7 Å². The molecule has 0 spiro atoms. The maximum Gasteiger partial charge on any atom is 0.196 e. The van der Waals surface area contributed by atoms with Crippen LogP contribution >= 0.6 is 11.6 Å². The SMILES string of the molecule is Cc1ccccc1C1(C)CN=C(N)N1c1ccccc1Cl. The number of rotatable bonds is 2. The maximum atomic E-state index is 6.37. The minimum atomic E-state index is -0.319. The Bertz CT molecular complexity index is 711. The van der Waals surface area contributed by atoms with Gasteiger partial charge in [0.1, 0.15) is 0 Å². The van der Waals surface area contributed by atoms with Crippen molar-refractivity contribution in [2.75, 3.05) is 11.4 Å². The van der Waals surface area contributed by atoms with Crippen LogP contribution in [-0.4, -0.2) is 12.5 Å². The topological polar surface area (TPSA) is 41.6 Å². The summed E-state index contributed by atoms with van der Waals surface area (Å²) in [4.78, 5) is 6.51. The molecular formula is C17H18ClN3. The second kappa shape index (κ2) is 5.08. The number of guanidine groups is 1. The Morgan fingerprint density at radius 2 is 1.81 bits per heavy atom. The van der Waals surface area contributed by atoms with E-state index in [1.807, 2.05) is 41.3 Å². The first-order chi connectivity index (χ1) is 10.0. The van der Waals surface area contributed by atoms with Crippen molar-refractivity contribution in [1.29, 1.82) is 0 Å². The van der Waals surface area contributed by atoms with Gasteiger partial charge in [-0.15, -0.1) is 0 Å². The molecule has 4 heteroatoms. The van der Waals surface area contributed by atoms with Crippen molar-refractivity contribution in [3.63, 3.8) is 0 Å². The van der Waals surface area contributed by atoms with Crippen LogP contribution in [0.5, 0.6) is 0 Å². The Labute approximate surface area is 130 Å². The first kappa shape index (κ1) is 14.0. The minimum Gasteiger partial charge on any atom is -0.369 e. The number of benzene rings is 2. The van der Waals surface area contributed by atoms with E-state index in [2.05, 4.69) is 31.0 Å². The molecule has 1 aliphatic heterocycles. The molecule has 3 nitrogen and oxygen atoms in total. The highest BCUT2D eigenvalue weighted by atomic mass is 35.5. The molecule has 3 rings (SSSR count). The molecule has 0 fully saturated rings. The van der Waals surface area contributed by atoms with Gasteiger partial charge >= 0.3 is 0 Å². The Morgan fingerprint density at radius 1 is 1.14 bits per heavy atom. The Morgan fingerprint density at radius 3 is 2.52 bits per heavy atom. The van der Waals surface area contributed by atoms with Gasteiger partial charge in [0.2, 0.25) is 0 Å². The molecule has 21 heavy (non-hydrogen) atoms. The number of hydrogen-bond donors (Lipinski definition) is 1. The highest BCUT2D eigenvalue weighted by molar-refractivity contribution is 6.34. The van der Waals surface area contributed by atoms with Gasteiger partial charge in [-0.3, -0.25) is 9.89 Å². The van der Waals surface area contributed by atoms with Gasteiger partial charge < -0.3 is 5.73 Å². The van der Waals surface area contributed by atoms with E-state index in [4.69, 9.17) is 17.3 Å². The maximum absolute atomic E-state index is 6.37. The summed E-state index contributed by atoms with van der Waals surface area (Å²) in [6, 6.07) is 16.1. The van der Waals surface area contributed by atoms with Crippen molar-refractivity contribution >= 4 is 23.2 Å². The normalized spacial score (nSPS) is 21.5. The van der Waals surface area contributed by atoms with Crippen molar-refractivity contribution in [3.8, 4) is 0 Å². The molecule has 1 unspecified atom stereocenters. The predicted molar refractivity (Wildman–Crippen MR) is 89.0 cm³/mol. The zero-order chi connectivity index (χ0) is 15.0. The third-order valence-electron chi connectivity index (χ3n) is 4.09. The second-order valence-electron chi connectivity index (χ2n) is 5.55. The third kappa shape index (κ3) is 2.18. The Hall–Kier alpha value is -2.00. The fourth-order valence-electron chi connectivity index (χ4n) is 3.03. The zero-order valence-electron chi connectivity index (χ0n) is 12.2. The van der Waals surface area contributed by atoms with Crippen LogP contribution in [0.25, 0.3) is 0 Å². The standard InChI is InChI=1S/C17H18ClN3/c1-12-7-3-4-8-13(12)17(2)11-20-16(19)21(17)15-10-6-5-9-14(15)18/h3-10H,11H2,1-2H3,(H2,19,20). The van der Waals surface area contributed by atoms with Gasteiger partial charge in [0.25, 0.3) is 0 Å². The summed E-state index contributed by atoms with van der Waals surface area (Å²) >= 11 is 6.37. The number of nitrogens with zero attached hydrogens (tertiary/aromatic N) is 2. The van der Waals surface area contributed by atoms with Gasteiger partial charge in [-0.2, -0.15) is 0 Å². The lowest BCUT2D eigenvalue weighted by molar-refractivity contribution is 0.529. The van der Waals surface area contributed by atoms with Crippen molar-refractivity contribution < 1.29 is 0 Å². The summed E-state index contributed by atoms with van der Waals surface area (Å²) in [5.74, 6) is 0.508. The molecule has 1 heterocycles. The van der Waals surface area contributed by atoms with E-state index in [1.54, 1.807) is 0 Å². The largest absolute Gasteiger partial charge is 0.369 e. The zero-order valence-corrected chi connectivity index (χ0v) is 12.9. The molecule has 1 atom stereocenters. The second-order valence-corrected chi connectivity index (χ2v) is 5.96. The van der Waals surface area contributed by atoms with Crippen molar-refractivity contribution in [1.82, 2.24) is 0 Å². The van der Waals surface area contributed by atoms with Crippen LogP contribution in [0.2, 0.25) is 5.02 Å². The average Bonchev–Trinajstić information content (AvgIpc) is 2.77. The number of aliphatic imine (C=N–C) groups is 1. The number of halogens is 1. The number of para-hydroxylation sites is 1. The summed E-state index contributed by atoms with van der Waals surface area (Å²) in [5, 5.41) is 0.678. The molecule has 108 valence electrons. The fraction of sp³-hybridized carbons (Fsp3) is 0.235. The molecule has 0 aliphatic carbocycles. The summed E-state index contributed by atoms with van der Waals surface area (Å²) in [6.45, 7) is 4.89. The molecule has 0 bridgehead atoms. The molecule has 0 radical (unpaired) electrons. The molecule has 0 amide bonds. The van der Waals surface area contributed by atoms with Crippen molar-refractivity contribution in [2.45, 2.75) is 19.4 Å². The number of anilines is 1. The third-order valence-corrected chi connectivity index (χ3v) is 4.41. The molecule has 0 saturated carbocycles. The lowest BCUT2D eigenvalue weighted by Gasteiger charge is -2.38. The summed E-state index contributed by atoms with van der Waals surface area (Å²) in [6.07, 6.45) is 0. The molecule has 2 N–H and O–H groups in total. The van der Waals surface area contributed by atoms with E-state index in [0.717, 1.165) is 5.69 Å². The number of aryl methyl sites for hydroxylation is 1. The van der Waals surface area contributed by atoms with E-state index < -0.39 is 0 Å². The van der Waals surface area contributed by atoms with E-state index >= 15 is 0 Å². The number of hydrogen-bond acceptors (Lipinski definition) is 3. The minimum absolute atomic E-state index is 0.319. The van der Waals surface area contributed by atoms with Crippen LogP contribution < -0.4 is 10.6 Å². The Kier molecular flexibility index (Phi) is 3.38. The van der Waals surface area contributed by atoms with Gasteiger partial charge in [-0.25, -0.2) is 0 Å².